The fourth-order valence-corrected chi connectivity index (χ4v) is 4.38. The third-order valence-corrected chi connectivity index (χ3v) is 6.31. The Labute approximate surface area is 176 Å². The predicted octanol–water partition coefficient (Wildman–Crippen LogP) is 5.30. The van der Waals surface area contributed by atoms with E-state index < -0.39 is 0 Å². The first kappa shape index (κ1) is 21.3. The normalized spacial score (nSPS) is 13.0. The van der Waals surface area contributed by atoms with Crippen LogP contribution in [0.3, 0.4) is 0 Å². The van der Waals surface area contributed by atoms with Crippen LogP contribution < -0.4 is 10.6 Å². The summed E-state index contributed by atoms with van der Waals surface area (Å²) < 4.78 is 1.79. The van der Waals surface area contributed by atoms with Gasteiger partial charge in [-0.2, -0.15) is 5.10 Å². The molecule has 1 aromatic heterocycles. The summed E-state index contributed by atoms with van der Waals surface area (Å²) in [6.45, 7) is 13.1. The molecule has 0 aliphatic heterocycles. The molecule has 0 aliphatic rings. The summed E-state index contributed by atoms with van der Waals surface area (Å²) in [7, 11) is 0.350. The van der Waals surface area contributed by atoms with E-state index >= 15 is 0 Å². The van der Waals surface area contributed by atoms with Crippen molar-refractivity contribution in [1.82, 2.24) is 4.68 Å². The molecule has 1 N–H and O–H groups in total. The third-order valence-electron chi connectivity index (χ3n) is 4.93. The van der Waals surface area contributed by atoms with E-state index in [1.54, 1.807) is 4.68 Å². The maximum Gasteiger partial charge on any atom is 0.127 e. The molecule has 0 saturated heterocycles. The zero-order valence-corrected chi connectivity index (χ0v) is 19.2. The van der Waals surface area contributed by atoms with E-state index in [-0.39, 0.29) is 10.8 Å². The van der Waals surface area contributed by atoms with Crippen LogP contribution in [0.15, 0.2) is 66.0 Å². The molecule has 29 heavy (non-hydrogen) atoms. The van der Waals surface area contributed by atoms with Gasteiger partial charge in [0.25, 0.3) is 0 Å². The fraction of sp³-hybridized carbons (Fsp3) is 0.320. The smallest absolute Gasteiger partial charge is 0.127 e. The average Bonchev–Trinajstić information content (AvgIpc) is 3.14. The Morgan fingerprint density at radius 2 is 1.52 bits per heavy atom. The van der Waals surface area contributed by atoms with Crippen molar-refractivity contribution in [2.45, 2.75) is 52.4 Å². The zero-order chi connectivity index (χ0) is 21.2. The van der Waals surface area contributed by atoms with Crippen molar-refractivity contribution in [3.8, 4) is 5.75 Å². The lowest BCUT2D eigenvalue weighted by Crippen LogP contribution is -2.21. The van der Waals surface area contributed by atoms with Crippen molar-refractivity contribution in [3.63, 3.8) is 0 Å². The van der Waals surface area contributed by atoms with Gasteiger partial charge >= 0.3 is 0 Å². The molecule has 0 radical (unpaired) electrons. The number of phenols is 1. The van der Waals surface area contributed by atoms with Crippen molar-refractivity contribution in [2.24, 2.45) is 5.10 Å². The molecule has 0 spiro atoms. The van der Waals surface area contributed by atoms with Gasteiger partial charge in [-0.25, -0.2) is 4.68 Å². The SMILES string of the molecule is CC(C)(C)c1cc(Pc2ccccc2/C=N/n2cccc2)c(O)c(C(C)(C)C)c1. The van der Waals surface area contributed by atoms with E-state index in [1.165, 1.54) is 10.9 Å². The Bertz CT molecular complexity index is 1010. The van der Waals surface area contributed by atoms with Crippen LogP contribution in [0.25, 0.3) is 0 Å². The maximum atomic E-state index is 11.1. The van der Waals surface area contributed by atoms with Crippen LogP contribution in [0.1, 0.15) is 58.2 Å². The predicted molar refractivity (Wildman–Crippen MR) is 127 cm³/mol. The number of phenolic OH excluding ortho intramolecular Hbond substituents is 1. The highest BCUT2D eigenvalue weighted by Crippen LogP contribution is 2.36. The average molecular weight is 407 g/mol. The summed E-state index contributed by atoms with van der Waals surface area (Å²) in [4.78, 5) is 0. The summed E-state index contributed by atoms with van der Waals surface area (Å²) in [5, 5.41) is 17.8. The molecule has 0 saturated carbocycles. The second kappa shape index (κ2) is 8.16. The van der Waals surface area contributed by atoms with Crippen molar-refractivity contribution < 1.29 is 5.11 Å². The second-order valence-electron chi connectivity index (χ2n) is 9.44. The van der Waals surface area contributed by atoms with Gasteiger partial charge in [-0.1, -0.05) is 80.5 Å². The lowest BCUT2D eigenvalue weighted by Gasteiger charge is -2.27. The quantitative estimate of drug-likeness (QED) is 0.463. The van der Waals surface area contributed by atoms with Crippen LogP contribution in [0, 0.1) is 0 Å². The molecule has 2 aromatic carbocycles. The van der Waals surface area contributed by atoms with Crippen LogP contribution in [0.4, 0.5) is 0 Å². The summed E-state index contributed by atoms with van der Waals surface area (Å²) in [6, 6.07) is 16.5. The molecule has 152 valence electrons. The van der Waals surface area contributed by atoms with Gasteiger partial charge in [0.2, 0.25) is 0 Å². The summed E-state index contributed by atoms with van der Waals surface area (Å²) in [5.74, 6) is 0.418. The Hall–Kier alpha value is -2.38. The highest BCUT2D eigenvalue weighted by atomic mass is 31.1. The molecule has 1 unspecified atom stereocenters. The van der Waals surface area contributed by atoms with Crippen LogP contribution in [0.2, 0.25) is 0 Å². The topological polar surface area (TPSA) is 37.5 Å². The highest BCUT2D eigenvalue weighted by molar-refractivity contribution is 7.56. The molecular weight excluding hydrogens is 375 g/mol. The molecular formula is C25H31N2OP. The molecule has 3 nitrogen and oxygen atoms in total. The Morgan fingerprint density at radius 3 is 2.14 bits per heavy atom. The van der Waals surface area contributed by atoms with Crippen molar-refractivity contribution in [1.29, 1.82) is 0 Å². The molecule has 0 bridgehead atoms. The molecule has 1 heterocycles. The number of benzene rings is 2. The van der Waals surface area contributed by atoms with Crippen LogP contribution >= 0.6 is 8.58 Å². The molecule has 1 atom stereocenters. The van der Waals surface area contributed by atoms with E-state index in [2.05, 4.69) is 70.9 Å². The minimum Gasteiger partial charge on any atom is -0.507 e. The summed E-state index contributed by atoms with van der Waals surface area (Å²) in [5.41, 5.74) is 3.21. The van der Waals surface area contributed by atoms with Gasteiger partial charge in [0.1, 0.15) is 5.75 Å². The number of hydrogen-bond donors (Lipinski definition) is 1. The van der Waals surface area contributed by atoms with E-state index in [0.717, 1.165) is 16.4 Å². The lowest BCUT2D eigenvalue weighted by atomic mass is 9.80. The van der Waals surface area contributed by atoms with Gasteiger partial charge in [0.15, 0.2) is 0 Å². The van der Waals surface area contributed by atoms with Gasteiger partial charge in [0, 0.05) is 28.8 Å². The Kier molecular flexibility index (Phi) is 6.00. The first-order chi connectivity index (χ1) is 13.6. The lowest BCUT2D eigenvalue weighted by molar-refractivity contribution is 0.449. The monoisotopic (exact) mass is 406 g/mol. The minimum absolute atomic E-state index is 0.0162. The zero-order valence-electron chi connectivity index (χ0n) is 18.2. The Balaban J connectivity index is 2.04. The Morgan fingerprint density at radius 1 is 0.862 bits per heavy atom. The van der Waals surface area contributed by atoms with Gasteiger partial charge < -0.3 is 5.11 Å². The highest BCUT2D eigenvalue weighted by Gasteiger charge is 2.25. The standard InChI is InChI=1S/C25H31N2OP/c1-24(2,3)19-15-20(25(4,5)6)23(28)22(16-19)29-21-12-8-7-11-18(21)17-26-27-13-9-10-14-27/h7-17,28-29H,1-6H3/b26-17+. The van der Waals surface area contributed by atoms with E-state index in [0.29, 0.717) is 14.3 Å². The molecule has 0 fully saturated rings. The summed E-state index contributed by atoms with van der Waals surface area (Å²) in [6.07, 6.45) is 5.71. The first-order valence-corrected chi connectivity index (χ1v) is 11.0. The number of nitrogens with zero attached hydrogens (tertiary/aromatic N) is 2. The maximum absolute atomic E-state index is 11.1. The van der Waals surface area contributed by atoms with Crippen LogP contribution in [-0.2, 0) is 10.8 Å². The van der Waals surface area contributed by atoms with Gasteiger partial charge in [-0.05, 0) is 39.9 Å². The number of aromatic hydroxyl groups is 1. The molecule has 3 aromatic rings. The number of aromatic nitrogens is 1. The molecule has 0 aliphatic carbocycles. The fourth-order valence-electron chi connectivity index (χ4n) is 3.13. The third kappa shape index (κ3) is 5.16. The number of rotatable bonds is 4. The van der Waals surface area contributed by atoms with E-state index in [9.17, 15) is 5.11 Å². The van der Waals surface area contributed by atoms with Crippen molar-refractivity contribution >= 4 is 25.4 Å². The molecule has 4 heteroatoms. The van der Waals surface area contributed by atoms with Gasteiger partial charge in [-0.3, -0.25) is 0 Å². The van der Waals surface area contributed by atoms with E-state index in [1.807, 2.05) is 42.9 Å². The second-order valence-corrected chi connectivity index (χ2v) is 10.8. The van der Waals surface area contributed by atoms with Gasteiger partial charge in [-0.15, -0.1) is 0 Å². The van der Waals surface area contributed by atoms with Gasteiger partial charge in [0.05, 0.1) is 6.21 Å². The van der Waals surface area contributed by atoms with Crippen molar-refractivity contribution in [3.05, 3.63) is 77.6 Å². The van der Waals surface area contributed by atoms with Crippen LogP contribution in [-0.4, -0.2) is 16.0 Å². The molecule has 0 amide bonds. The first-order valence-electron chi connectivity index (χ1n) is 9.97. The minimum atomic E-state index is -0.125. The van der Waals surface area contributed by atoms with Crippen molar-refractivity contribution in [2.75, 3.05) is 0 Å². The largest absolute Gasteiger partial charge is 0.507 e. The number of hydrogen-bond acceptors (Lipinski definition) is 2. The molecule has 3 rings (SSSR count). The van der Waals surface area contributed by atoms with Crippen LogP contribution in [0.5, 0.6) is 5.75 Å². The van der Waals surface area contributed by atoms with E-state index in [4.69, 9.17) is 0 Å². The summed E-state index contributed by atoms with van der Waals surface area (Å²) >= 11 is 0.